The van der Waals surface area contributed by atoms with Crippen LogP contribution in [0.2, 0.25) is 0 Å². The minimum Gasteiger partial charge on any atom is -0.380 e. The standard InChI is InChI=1S/C11H13BrN2.C2H6/c12-9-3-1-2-7-8-6-13-5-4-10(8)14-11(7)9;1-2/h1-3,8,10,13-14H,4-6H2;1-2H3/t8-,10?;/m0./s1. The molecule has 2 aliphatic rings. The Kier molecular flexibility index (Phi) is 3.87. The van der Waals surface area contributed by atoms with E-state index in [9.17, 15) is 0 Å². The minimum absolute atomic E-state index is 0.643. The van der Waals surface area contributed by atoms with Gasteiger partial charge in [-0.2, -0.15) is 0 Å². The third-order valence-electron chi connectivity index (χ3n) is 3.26. The zero-order chi connectivity index (χ0) is 11.5. The van der Waals surface area contributed by atoms with Crippen LogP contribution in [0, 0.1) is 0 Å². The topological polar surface area (TPSA) is 24.1 Å². The first-order valence-corrected chi connectivity index (χ1v) is 6.91. The van der Waals surface area contributed by atoms with Gasteiger partial charge in [-0.25, -0.2) is 0 Å². The van der Waals surface area contributed by atoms with Gasteiger partial charge in [-0.3, -0.25) is 0 Å². The van der Waals surface area contributed by atoms with Crippen molar-refractivity contribution in [1.29, 1.82) is 0 Å². The lowest BCUT2D eigenvalue weighted by Gasteiger charge is -2.26. The summed E-state index contributed by atoms with van der Waals surface area (Å²) in [6.07, 6.45) is 1.23. The highest BCUT2D eigenvalue weighted by molar-refractivity contribution is 9.10. The quantitative estimate of drug-likeness (QED) is 0.763. The van der Waals surface area contributed by atoms with Gasteiger partial charge in [-0.15, -0.1) is 0 Å². The molecule has 0 aromatic heterocycles. The van der Waals surface area contributed by atoms with E-state index < -0.39 is 0 Å². The minimum atomic E-state index is 0.643. The summed E-state index contributed by atoms with van der Waals surface area (Å²) in [4.78, 5) is 0. The smallest absolute Gasteiger partial charge is 0.0523 e. The average molecular weight is 283 g/mol. The third-order valence-corrected chi connectivity index (χ3v) is 3.92. The molecule has 2 N–H and O–H groups in total. The molecule has 0 spiro atoms. The summed E-state index contributed by atoms with van der Waals surface area (Å²) in [6.45, 7) is 6.25. The SMILES string of the molecule is Brc1cccc2c1NC1CCNC[C@@H]21.CC. The Morgan fingerprint density at radius 3 is 2.94 bits per heavy atom. The summed E-state index contributed by atoms with van der Waals surface area (Å²) in [5, 5.41) is 7.08. The number of hydrogen-bond acceptors (Lipinski definition) is 2. The summed E-state index contributed by atoms with van der Waals surface area (Å²) < 4.78 is 1.20. The van der Waals surface area contributed by atoms with Crippen LogP contribution in [-0.4, -0.2) is 19.1 Å². The van der Waals surface area contributed by atoms with E-state index in [0.717, 1.165) is 13.1 Å². The lowest BCUT2D eigenvalue weighted by molar-refractivity contribution is 0.440. The van der Waals surface area contributed by atoms with Crippen molar-refractivity contribution >= 4 is 21.6 Å². The zero-order valence-corrected chi connectivity index (χ0v) is 11.5. The van der Waals surface area contributed by atoms with Crippen LogP contribution in [0.3, 0.4) is 0 Å². The Morgan fingerprint density at radius 1 is 1.31 bits per heavy atom. The van der Waals surface area contributed by atoms with Gasteiger partial charge in [0.25, 0.3) is 0 Å². The number of hydrogen-bond donors (Lipinski definition) is 2. The van der Waals surface area contributed by atoms with Gasteiger partial charge in [0.1, 0.15) is 0 Å². The molecule has 1 aromatic rings. The van der Waals surface area contributed by atoms with Crippen molar-refractivity contribution in [3.8, 4) is 0 Å². The van der Waals surface area contributed by atoms with Gasteiger partial charge < -0.3 is 10.6 Å². The van der Waals surface area contributed by atoms with Crippen molar-refractivity contribution in [1.82, 2.24) is 5.32 Å². The molecular weight excluding hydrogens is 264 g/mol. The monoisotopic (exact) mass is 282 g/mol. The second-order valence-corrected chi connectivity index (χ2v) is 4.91. The normalized spacial score (nSPS) is 25.9. The maximum atomic E-state index is 3.62. The molecule has 1 unspecified atom stereocenters. The molecule has 2 heterocycles. The molecule has 0 saturated carbocycles. The van der Waals surface area contributed by atoms with E-state index in [1.165, 1.54) is 22.1 Å². The number of rotatable bonds is 0. The Hall–Kier alpha value is -0.540. The van der Waals surface area contributed by atoms with E-state index in [1.54, 1.807) is 0 Å². The van der Waals surface area contributed by atoms with Gasteiger partial charge in [0.05, 0.1) is 5.69 Å². The molecule has 0 bridgehead atoms. The Morgan fingerprint density at radius 2 is 2.12 bits per heavy atom. The molecule has 88 valence electrons. The Bertz CT molecular complexity index is 365. The molecule has 2 nitrogen and oxygen atoms in total. The van der Waals surface area contributed by atoms with Crippen LogP contribution in [0.25, 0.3) is 0 Å². The molecule has 0 amide bonds. The van der Waals surface area contributed by atoms with Crippen LogP contribution >= 0.6 is 15.9 Å². The molecule has 3 heteroatoms. The van der Waals surface area contributed by atoms with E-state index in [4.69, 9.17) is 0 Å². The number of anilines is 1. The van der Waals surface area contributed by atoms with Crippen molar-refractivity contribution in [3.63, 3.8) is 0 Å². The summed E-state index contributed by atoms with van der Waals surface area (Å²) in [5.41, 5.74) is 2.78. The van der Waals surface area contributed by atoms with E-state index >= 15 is 0 Å². The summed E-state index contributed by atoms with van der Waals surface area (Å²) in [5.74, 6) is 0.663. The van der Waals surface area contributed by atoms with Crippen molar-refractivity contribution < 1.29 is 0 Å². The van der Waals surface area contributed by atoms with Crippen LogP contribution in [0.4, 0.5) is 5.69 Å². The van der Waals surface area contributed by atoms with Gasteiger partial charge >= 0.3 is 0 Å². The first-order valence-electron chi connectivity index (χ1n) is 6.12. The van der Waals surface area contributed by atoms with E-state index in [1.807, 2.05) is 13.8 Å². The lowest BCUT2D eigenvalue weighted by atomic mass is 9.91. The number of nitrogens with one attached hydrogen (secondary N) is 2. The fraction of sp³-hybridized carbons (Fsp3) is 0.538. The van der Waals surface area contributed by atoms with Gasteiger partial charge in [0.2, 0.25) is 0 Å². The molecule has 0 radical (unpaired) electrons. The van der Waals surface area contributed by atoms with Gasteiger partial charge in [-0.05, 0) is 40.5 Å². The van der Waals surface area contributed by atoms with Gasteiger partial charge in [0, 0.05) is 23.0 Å². The first-order chi connectivity index (χ1) is 7.86. The Balaban J connectivity index is 0.000000457. The molecule has 2 aliphatic heterocycles. The number of piperidine rings is 1. The lowest BCUT2D eigenvalue weighted by Crippen LogP contribution is -2.38. The largest absolute Gasteiger partial charge is 0.380 e. The highest BCUT2D eigenvalue weighted by Crippen LogP contribution is 2.41. The number of para-hydroxylation sites is 1. The second kappa shape index (κ2) is 5.19. The van der Waals surface area contributed by atoms with Gasteiger partial charge in [0.15, 0.2) is 0 Å². The molecule has 16 heavy (non-hydrogen) atoms. The number of fused-ring (bicyclic) bond motifs is 3. The molecule has 2 atom stereocenters. The fourth-order valence-electron chi connectivity index (χ4n) is 2.55. The van der Waals surface area contributed by atoms with Crippen molar-refractivity contribution in [2.24, 2.45) is 0 Å². The molecule has 1 saturated heterocycles. The van der Waals surface area contributed by atoms with Crippen molar-refractivity contribution in [2.75, 3.05) is 18.4 Å². The maximum absolute atomic E-state index is 3.62. The van der Waals surface area contributed by atoms with E-state index in [-0.39, 0.29) is 0 Å². The fourth-order valence-corrected chi connectivity index (χ4v) is 3.04. The summed E-state index contributed by atoms with van der Waals surface area (Å²) >= 11 is 3.60. The molecule has 1 aromatic carbocycles. The summed E-state index contributed by atoms with van der Waals surface area (Å²) in [7, 11) is 0. The van der Waals surface area contributed by atoms with Crippen LogP contribution in [-0.2, 0) is 0 Å². The van der Waals surface area contributed by atoms with E-state index in [0.29, 0.717) is 12.0 Å². The van der Waals surface area contributed by atoms with Gasteiger partial charge in [-0.1, -0.05) is 26.0 Å². The molecule has 0 aliphatic carbocycles. The second-order valence-electron chi connectivity index (χ2n) is 4.05. The Labute approximate surface area is 106 Å². The van der Waals surface area contributed by atoms with Crippen LogP contribution in [0.15, 0.2) is 22.7 Å². The number of halogens is 1. The highest BCUT2D eigenvalue weighted by atomic mass is 79.9. The first kappa shape index (κ1) is 11.9. The third kappa shape index (κ3) is 1.98. The number of benzene rings is 1. The van der Waals surface area contributed by atoms with Crippen molar-refractivity contribution in [3.05, 3.63) is 28.2 Å². The van der Waals surface area contributed by atoms with Crippen LogP contribution < -0.4 is 10.6 Å². The van der Waals surface area contributed by atoms with Crippen molar-refractivity contribution in [2.45, 2.75) is 32.2 Å². The molecule has 3 rings (SSSR count). The molecular formula is C13H19BrN2. The molecule has 1 fully saturated rings. The van der Waals surface area contributed by atoms with E-state index in [2.05, 4.69) is 44.8 Å². The van der Waals surface area contributed by atoms with Crippen LogP contribution in [0.5, 0.6) is 0 Å². The predicted molar refractivity (Wildman–Crippen MR) is 73.1 cm³/mol. The predicted octanol–water partition coefficient (Wildman–Crippen LogP) is 3.35. The maximum Gasteiger partial charge on any atom is 0.0523 e. The zero-order valence-electron chi connectivity index (χ0n) is 9.89. The highest BCUT2D eigenvalue weighted by Gasteiger charge is 2.34. The average Bonchev–Trinajstić information content (AvgIpc) is 2.72. The van der Waals surface area contributed by atoms with Crippen LogP contribution in [0.1, 0.15) is 31.7 Å². The summed E-state index contributed by atoms with van der Waals surface area (Å²) in [6, 6.07) is 7.12.